The summed E-state index contributed by atoms with van der Waals surface area (Å²) in [4.78, 5) is 11.9. The maximum Gasteiger partial charge on any atom is 0.145 e. The molecule has 0 saturated heterocycles. The van der Waals surface area contributed by atoms with Crippen molar-refractivity contribution in [2.75, 3.05) is 19.7 Å². The van der Waals surface area contributed by atoms with Crippen LogP contribution in [-0.2, 0) is 11.4 Å². The molecule has 3 rings (SSSR count). The lowest BCUT2D eigenvalue weighted by molar-refractivity contribution is 0.0452. The third-order valence-corrected chi connectivity index (χ3v) is 4.17. The minimum Gasteiger partial charge on any atom is -0.395 e. The first kappa shape index (κ1) is 16.9. The predicted molar refractivity (Wildman–Crippen MR) is 94.1 cm³/mol. The lowest BCUT2D eigenvalue weighted by Crippen LogP contribution is -2.34. The van der Waals surface area contributed by atoms with Crippen LogP contribution in [0.5, 0.6) is 0 Å². The van der Waals surface area contributed by atoms with Crippen molar-refractivity contribution < 1.29 is 9.94 Å². The largest absolute Gasteiger partial charge is 0.395 e. The number of nitrogens with zero attached hydrogens (tertiary/aromatic N) is 3. The second-order valence-electron chi connectivity index (χ2n) is 5.80. The van der Waals surface area contributed by atoms with Gasteiger partial charge < -0.3 is 9.94 Å². The highest BCUT2D eigenvalue weighted by molar-refractivity contribution is 6.30. The van der Waals surface area contributed by atoms with Gasteiger partial charge >= 0.3 is 0 Å². The van der Waals surface area contributed by atoms with Crippen molar-refractivity contribution in [2.24, 2.45) is 5.16 Å². The molecule has 1 unspecified atom stereocenters. The first-order valence-electron chi connectivity index (χ1n) is 7.95. The van der Waals surface area contributed by atoms with Crippen LogP contribution in [0.15, 0.2) is 53.9 Å². The SMILES string of the molecule is OCCN(Cc1cccnc1)CC1CC(c2ccc(Cl)cc2)=NO1. The summed E-state index contributed by atoms with van der Waals surface area (Å²) in [6, 6.07) is 11.6. The molecule has 6 heteroatoms. The van der Waals surface area contributed by atoms with E-state index >= 15 is 0 Å². The van der Waals surface area contributed by atoms with Crippen LogP contribution >= 0.6 is 11.6 Å². The molecule has 1 aliphatic rings. The minimum atomic E-state index is -0.0149. The molecule has 0 radical (unpaired) electrons. The Hall–Kier alpha value is -1.95. The number of aliphatic hydroxyl groups is 1. The number of hydrogen-bond donors (Lipinski definition) is 1. The number of benzene rings is 1. The summed E-state index contributed by atoms with van der Waals surface area (Å²) in [7, 11) is 0. The molecule has 0 bridgehead atoms. The average Bonchev–Trinajstić information content (AvgIpc) is 3.05. The van der Waals surface area contributed by atoms with E-state index < -0.39 is 0 Å². The Labute approximate surface area is 146 Å². The second-order valence-corrected chi connectivity index (χ2v) is 6.23. The van der Waals surface area contributed by atoms with Crippen LogP contribution < -0.4 is 0 Å². The third kappa shape index (κ3) is 4.54. The van der Waals surface area contributed by atoms with E-state index in [0.717, 1.165) is 29.8 Å². The molecule has 24 heavy (non-hydrogen) atoms. The van der Waals surface area contributed by atoms with Crippen molar-refractivity contribution >= 4 is 17.3 Å². The van der Waals surface area contributed by atoms with Gasteiger partial charge in [-0.15, -0.1) is 0 Å². The second kappa shape index (κ2) is 8.24. The van der Waals surface area contributed by atoms with Gasteiger partial charge in [0.25, 0.3) is 0 Å². The molecule has 126 valence electrons. The van der Waals surface area contributed by atoms with E-state index in [1.54, 1.807) is 6.20 Å². The van der Waals surface area contributed by atoms with Crippen LogP contribution in [0.25, 0.3) is 0 Å². The van der Waals surface area contributed by atoms with Gasteiger partial charge in [0.15, 0.2) is 0 Å². The summed E-state index contributed by atoms with van der Waals surface area (Å²) >= 11 is 5.92. The first-order chi connectivity index (χ1) is 11.7. The molecule has 0 spiro atoms. The molecule has 1 atom stereocenters. The highest BCUT2D eigenvalue weighted by atomic mass is 35.5. The summed E-state index contributed by atoms with van der Waals surface area (Å²) in [5, 5.41) is 14.2. The van der Waals surface area contributed by atoms with Crippen LogP contribution in [0.3, 0.4) is 0 Å². The van der Waals surface area contributed by atoms with Gasteiger partial charge in [-0.1, -0.05) is 35.0 Å². The monoisotopic (exact) mass is 345 g/mol. The normalized spacial score (nSPS) is 17.0. The number of aromatic nitrogens is 1. The number of aliphatic hydroxyl groups excluding tert-OH is 1. The molecule has 2 heterocycles. The summed E-state index contributed by atoms with van der Waals surface area (Å²) < 4.78 is 0. The van der Waals surface area contributed by atoms with Gasteiger partial charge in [-0.05, 0) is 29.3 Å². The van der Waals surface area contributed by atoms with E-state index in [1.807, 2.05) is 42.6 Å². The lowest BCUT2D eigenvalue weighted by atomic mass is 10.0. The molecule has 1 N–H and O–H groups in total. The molecule has 0 saturated carbocycles. The van der Waals surface area contributed by atoms with E-state index in [2.05, 4.69) is 15.0 Å². The molecule has 0 amide bonds. The minimum absolute atomic E-state index is 0.0149. The van der Waals surface area contributed by atoms with Crippen LogP contribution in [-0.4, -0.2) is 46.5 Å². The predicted octanol–water partition coefficient (Wildman–Crippen LogP) is 2.72. The molecule has 1 aromatic carbocycles. The molecule has 2 aromatic rings. The fourth-order valence-corrected chi connectivity index (χ4v) is 2.88. The Kier molecular flexibility index (Phi) is 5.80. The first-order valence-corrected chi connectivity index (χ1v) is 8.33. The third-order valence-electron chi connectivity index (χ3n) is 3.92. The van der Waals surface area contributed by atoms with Crippen molar-refractivity contribution in [3.8, 4) is 0 Å². The quantitative estimate of drug-likeness (QED) is 0.838. The van der Waals surface area contributed by atoms with Gasteiger partial charge in [-0.3, -0.25) is 9.88 Å². The number of hydrogen-bond acceptors (Lipinski definition) is 5. The van der Waals surface area contributed by atoms with Crippen LogP contribution in [0.1, 0.15) is 17.5 Å². The molecule has 0 fully saturated rings. The fourth-order valence-electron chi connectivity index (χ4n) is 2.75. The molecular weight excluding hydrogens is 326 g/mol. The Bertz CT molecular complexity index is 676. The van der Waals surface area contributed by atoms with E-state index in [1.165, 1.54) is 0 Å². The van der Waals surface area contributed by atoms with Crippen molar-refractivity contribution in [1.82, 2.24) is 9.88 Å². The maximum absolute atomic E-state index is 9.31. The van der Waals surface area contributed by atoms with Crippen LogP contribution in [0.4, 0.5) is 0 Å². The van der Waals surface area contributed by atoms with E-state index in [0.29, 0.717) is 18.1 Å². The molecule has 5 nitrogen and oxygen atoms in total. The summed E-state index contributed by atoms with van der Waals surface area (Å²) in [5.74, 6) is 0. The number of oxime groups is 1. The number of pyridine rings is 1. The van der Waals surface area contributed by atoms with Gasteiger partial charge in [0, 0.05) is 43.5 Å². The zero-order chi connectivity index (χ0) is 16.8. The summed E-state index contributed by atoms with van der Waals surface area (Å²) in [6.45, 7) is 2.13. The van der Waals surface area contributed by atoms with Crippen molar-refractivity contribution in [3.63, 3.8) is 0 Å². The van der Waals surface area contributed by atoms with Crippen molar-refractivity contribution in [2.45, 2.75) is 19.1 Å². The highest BCUT2D eigenvalue weighted by Gasteiger charge is 2.24. The lowest BCUT2D eigenvalue weighted by Gasteiger charge is -2.23. The van der Waals surface area contributed by atoms with Gasteiger partial charge in [-0.25, -0.2) is 0 Å². The maximum atomic E-state index is 9.31. The van der Waals surface area contributed by atoms with Crippen molar-refractivity contribution in [1.29, 1.82) is 0 Å². The topological polar surface area (TPSA) is 58.0 Å². The van der Waals surface area contributed by atoms with E-state index in [-0.39, 0.29) is 12.7 Å². The Morgan fingerprint density at radius 1 is 1.25 bits per heavy atom. The van der Waals surface area contributed by atoms with Crippen LogP contribution in [0.2, 0.25) is 5.02 Å². The Balaban J connectivity index is 1.57. The zero-order valence-electron chi connectivity index (χ0n) is 13.3. The standard InChI is InChI=1S/C18H20ClN3O2/c19-16-5-3-15(4-6-16)18-10-17(24-21-18)13-22(8-9-23)12-14-2-1-7-20-11-14/h1-7,11,17,23H,8-10,12-13H2. The summed E-state index contributed by atoms with van der Waals surface area (Å²) in [5.41, 5.74) is 3.08. The summed E-state index contributed by atoms with van der Waals surface area (Å²) in [6.07, 6.45) is 4.33. The van der Waals surface area contributed by atoms with E-state index in [4.69, 9.17) is 16.4 Å². The molecular formula is C18H20ClN3O2. The van der Waals surface area contributed by atoms with Gasteiger partial charge in [0.1, 0.15) is 6.10 Å². The highest BCUT2D eigenvalue weighted by Crippen LogP contribution is 2.20. The smallest absolute Gasteiger partial charge is 0.145 e. The van der Waals surface area contributed by atoms with Gasteiger partial charge in [-0.2, -0.15) is 0 Å². The average molecular weight is 346 g/mol. The molecule has 0 aliphatic carbocycles. The molecule has 1 aliphatic heterocycles. The van der Waals surface area contributed by atoms with E-state index in [9.17, 15) is 5.11 Å². The zero-order valence-corrected chi connectivity index (χ0v) is 14.1. The fraction of sp³-hybridized carbons (Fsp3) is 0.333. The number of halogens is 1. The van der Waals surface area contributed by atoms with Crippen LogP contribution in [0, 0.1) is 0 Å². The number of rotatable bonds is 7. The van der Waals surface area contributed by atoms with Crippen molar-refractivity contribution in [3.05, 3.63) is 64.9 Å². The van der Waals surface area contributed by atoms with Gasteiger partial charge in [0.2, 0.25) is 0 Å². The molecule has 1 aromatic heterocycles. The Morgan fingerprint density at radius 3 is 2.79 bits per heavy atom. The Morgan fingerprint density at radius 2 is 2.08 bits per heavy atom. The van der Waals surface area contributed by atoms with Gasteiger partial charge in [0.05, 0.1) is 12.3 Å².